The molecule has 0 aliphatic heterocycles. The molecule has 0 unspecified atom stereocenters. The van der Waals surface area contributed by atoms with Crippen molar-refractivity contribution in [2.24, 2.45) is 0 Å². The average Bonchev–Trinajstić information content (AvgIpc) is 2.25. The maximum Gasteiger partial charge on any atom is 0.273 e. The number of nitrogens with zero attached hydrogens (tertiary/aromatic N) is 1. The van der Waals surface area contributed by atoms with Gasteiger partial charge >= 0.3 is 0 Å². The van der Waals surface area contributed by atoms with Gasteiger partial charge in [0.2, 0.25) is 0 Å². The molecule has 0 aromatic heterocycles. The van der Waals surface area contributed by atoms with Gasteiger partial charge < -0.3 is 4.74 Å². The Morgan fingerprint density at radius 2 is 2.27 bits per heavy atom. The number of hydrogen-bond acceptors (Lipinski definition) is 3. The van der Waals surface area contributed by atoms with E-state index in [0.717, 1.165) is 5.33 Å². The summed E-state index contributed by atoms with van der Waals surface area (Å²) in [6.45, 7) is 0.409. The molecule has 1 aromatic rings. The van der Waals surface area contributed by atoms with Gasteiger partial charge in [-0.2, -0.15) is 0 Å². The average molecular weight is 272 g/mol. The lowest BCUT2D eigenvalue weighted by molar-refractivity contribution is -0.384. The number of ether oxygens (including phenoxy) is 1. The van der Waals surface area contributed by atoms with Crippen molar-refractivity contribution in [2.45, 2.75) is 0 Å². The van der Waals surface area contributed by atoms with Crippen molar-refractivity contribution in [3.05, 3.63) is 46.5 Å². The molecule has 1 aromatic carbocycles. The Bertz CT molecular complexity index is 365. The number of benzene rings is 1. The van der Waals surface area contributed by atoms with Gasteiger partial charge in [-0.3, -0.25) is 10.1 Å². The van der Waals surface area contributed by atoms with Crippen LogP contribution in [0.25, 0.3) is 0 Å². The Balaban J connectivity index is 2.58. The fraction of sp³-hybridized carbons (Fsp3) is 0.200. The minimum atomic E-state index is -0.443. The van der Waals surface area contributed by atoms with Crippen LogP contribution in [0.1, 0.15) is 0 Å². The molecule has 80 valence electrons. The molecule has 0 amide bonds. The summed E-state index contributed by atoms with van der Waals surface area (Å²) in [4.78, 5) is 10.0. The molecule has 0 radical (unpaired) electrons. The van der Waals surface area contributed by atoms with Gasteiger partial charge in [0.25, 0.3) is 5.69 Å². The molecule has 0 atom stereocenters. The lowest BCUT2D eigenvalue weighted by Crippen LogP contribution is -1.94. The van der Waals surface area contributed by atoms with Crippen LogP contribution in [0.15, 0.2) is 36.4 Å². The fourth-order valence-corrected chi connectivity index (χ4v) is 1.23. The molecule has 0 fully saturated rings. The first-order valence-corrected chi connectivity index (χ1v) is 5.44. The van der Waals surface area contributed by atoms with Gasteiger partial charge in [-0.25, -0.2) is 0 Å². The van der Waals surface area contributed by atoms with Crippen LogP contribution in [0.2, 0.25) is 0 Å². The van der Waals surface area contributed by atoms with Crippen molar-refractivity contribution < 1.29 is 9.66 Å². The van der Waals surface area contributed by atoms with Gasteiger partial charge in [0.1, 0.15) is 12.4 Å². The summed E-state index contributed by atoms with van der Waals surface area (Å²) < 4.78 is 5.29. The zero-order valence-corrected chi connectivity index (χ0v) is 9.51. The van der Waals surface area contributed by atoms with Gasteiger partial charge in [-0.15, -0.1) is 0 Å². The second-order valence-corrected chi connectivity index (χ2v) is 3.34. The SMILES string of the molecule is O=[N+]([O-])c1cccc(OCC=CCBr)c1. The minimum absolute atomic E-state index is 0.0389. The van der Waals surface area contributed by atoms with E-state index < -0.39 is 4.92 Å². The molecule has 1 rings (SSSR count). The van der Waals surface area contributed by atoms with Crippen LogP contribution in [-0.2, 0) is 0 Å². The lowest BCUT2D eigenvalue weighted by Gasteiger charge is -2.01. The highest BCUT2D eigenvalue weighted by Gasteiger charge is 2.05. The van der Waals surface area contributed by atoms with Gasteiger partial charge in [-0.05, 0) is 6.07 Å². The van der Waals surface area contributed by atoms with Crippen LogP contribution in [0.5, 0.6) is 5.75 Å². The highest BCUT2D eigenvalue weighted by Crippen LogP contribution is 2.18. The molecular formula is C10H10BrNO3. The first-order valence-electron chi connectivity index (χ1n) is 4.32. The maximum atomic E-state index is 10.5. The third kappa shape index (κ3) is 4.12. The molecule has 0 bridgehead atoms. The summed E-state index contributed by atoms with van der Waals surface area (Å²) in [5.74, 6) is 0.503. The maximum absolute atomic E-state index is 10.5. The Hall–Kier alpha value is -1.36. The van der Waals surface area contributed by atoms with E-state index in [1.165, 1.54) is 12.1 Å². The second-order valence-electron chi connectivity index (χ2n) is 2.69. The van der Waals surface area contributed by atoms with Crippen LogP contribution in [0, 0.1) is 10.1 Å². The van der Waals surface area contributed by atoms with Crippen molar-refractivity contribution in [1.29, 1.82) is 0 Å². The summed E-state index contributed by atoms with van der Waals surface area (Å²) in [6, 6.07) is 6.12. The molecule has 4 nitrogen and oxygen atoms in total. The predicted octanol–water partition coefficient (Wildman–Crippen LogP) is 2.92. The lowest BCUT2D eigenvalue weighted by atomic mass is 10.3. The van der Waals surface area contributed by atoms with E-state index in [0.29, 0.717) is 12.4 Å². The van der Waals surface area contributed by atoms with Gasteiger partial charge in [0.05, 0.1) is 11.0 Å². The zero-order valence-electron chi connectivity index (χ0n) is 7.93. The van der Waals surface area contributed by atoms with E-state index in [1.54, 1.807) is 12.1 Å². The standard InChI is InChI=1S/C10H10BrNO3/c11-6-1-2-7-15-10-5-3-4-9(8-10)12(13)14/h1-5,8H,6-7H2. The van der Waals surface area contributed by atoms with Crippen molar-refractivity contribution in [3.63, 3.8) is 0 Å². The van der Waals surface area contributed by atoms with E-state index in [1.807, 2.05) is 12.2 Å². The van der Waals surface area contributed by atoms with E-state index in [4.69, 9.17) is 4.74 Å². The molecule has 0 saturated carbocycles. The number of non-ortho nitro benzene ring substituents is 1. The Labute approximate surface area is 95.8 Å². The Kier molecular flexibility index (Phi) is 4.83. The number of alkyl halides is 1. The zero-order chi connectivity index (χ0) is 11.1. The number of allylic oxidation sites excluding steroid dienone is 1. The number of nitro benzene ring substituents is 1. The molecule has 15 heavy (non-hydrogen) atoms. The quantitative estimate of drug-likeness (QED) is 0.358. The summed E-state index contributed by atoms with van der Waals surface area (Å²) in [5.41, 5.74) is 0.0389. The second kappa shape index (κ2) is 6.19. The molecular weight excluding hydrogens is 262 g/mol. The van der Waals surface area contributed by atoms with Crippen LogP contribution >= 0.6 is 15.9 Å². The third-order valence-corrected chi connectivity index (χ3v) is 2.00. The molecule has 0 spiro atoms. The molecule has 0 heterocycles. The van der Waals surface area contributed by atoms with Crippen LogP contribution < -0.4 is 4.74 Å². The summed E-state index contributed by atoms with van der Waals surface area (Å²) in [6.07, 6.45) is 3.74. The third-order valence-electron chi connectivity index (χ3n) is 1.63. The molecule has 5 heteroatoms. The van der Waals surface area contributed by atoms with E-state index in [2.05, 4.69) is 15.9 Å². The van der Waals surface area contributed by atoms with E-state index in [9.17, 15) is 10.1 Å². The largest absolute Gasteiger partial charge is 0.489 e. The Morgan fingerprint density at radius 1 is 1.47 bits per heavy atom. The van der Waals surface area contributed by atoms with Crippen LogP contribution in [-0.4, -0.2) is 16.9 Å². The number of hydrogen-bond donors (Lipinski definition) is 0. The van der Waals surface area contributed by atoms with Crippen LogP contribution in [0.3, 0.4) is 0 Å². The summed E-state index contributed by atoms with van der Waals surface area (Å²) in [5, 5.41) is 11.2. The molecule has 0 N–H and O–H groups in total. The topological polar surface area (TPSA) is 52.4 Å². The Morgan fingerprint density at radius 3 is 2.93 bits per heavy atom. The summed E-state index contributed by atoms with van der Waals surface area (Å²) in [7, 11) is 0. The van der Waals surface area contributed by atoms with Gasteiger partial charge in [-0.1, -0.05) is 34.1 Å². The predicted molar refractivity (Wildman–Crippen MR) is 61.5 cm³/mol. The molecule has 0 saturated heterocycles. The highest BCUT2D eigenvalue weighted by atomic mass is 79.9. The van der Waals surface area contributed by atoms with E-state index in [-0.39, 0.29) is 5.69 Å². The van der Waals surface area contributed by atoms with Crippen molar-refractivity contribution >= 4 is 21.6 Å². The minimum Gasteiger partial charge on any atom is -0.489 e. The van der Waals surface area contributed by atoms with Crippen molar-refractivity contribution in [3.8, 4) is 5.75 Å². The first kappa shape index (κ1) is 11.7. The number of nitro groups is 1. The number of rotatable bonds is 5. The first-order chi connectivity index (χ1) is 7.24. The molecule has 0 aliphatic carbocycles. The summed E-state index contributed by atoms with van der Waals surface area (Å²) >= 11 is 3.23. The van der Waals surface area contributed by atoms with E-state index >= 15 is 0 Å². The van der Waals surface area contributed by atoms with Gasteiger partial charge in [0.15, 0.2) is 0 Å². The van der Waals surface area contributed by atoms with Crippen molar-refractivity contribution in [1.82, 2.24) is 0 Å². The van der Waals surface area contributed by atoms with Crippen LogP contribution in [0.4, 0.5) is 5.69 Å². The van der Waals surface area contributed by atoms with Gasteiger partial charge in [0, 0.05) is 11.4 Å². The normalized spacial score (nSPS) is 10.5. The fourth-order valence-electron chi connectivity index (χ4n) is 0.962. The molecule has 0 aliphatic rings. The number of halogens is 1. The highest BCUT2D eigenvalue weighted by molar-refractivity contribution is 9.09. The monoisotopic (exact) mass is 271 g/mol. The van der Waals surface area contributed by atoms with Crippen molar-refractivity contribution in [2.75, 3.05) is 11.9 Å². The smallest absolute Gasteiger partial charge is 0.273 e.